The summed E-state index contributed by atoms with van der Waals surface area (Å²) in [5, 5.41) is 0. The fourth-order valence-electron chi connectivity index (χ4n) is 1.05. The lowest BCUT2D eigenvalue weighted by molar-refractivity contribution is 0.190. The molecule has 0 aliphatic carbocycles. The summed E-state index contributed by atoms with van der Waals surface area (Å²) in [7, 11) is -3.46. The SMILES string of the molecule is O=P1(OS)OCc2ccccc2O1. The van der Waals surface area contributed by atoms with Crippen molar-refractivity contribution in [1.82, 2.24) is 0 Å². The second-order valence-electron chi connectivity index (χ2n) is 2.50. The molecule has 0 N–H and O–H groups in total. The normalized spacial score (nSPS) is 26.2. The summed E-state index contributed by atoms with van der Waals surface area (Å²) in [6, 6.07) is 7.17. The number of para-hydroxylation sites is 1. The zero-order chi connectivity index (χ0) is 9.31. The Labute approximate surface area is 81.0 Å². The minimum atomic E-state index is -3.46. The van der Waals surface area contributed by atoms with Crippen LogP contribution in [-0.2, 0) is 19.7 Å². The van der Waals surface area contributed by atoms with Gasteiger partial charge in [0, 0.05) is 5.56 Å². The summed E-state index contributed by atoms with van der Waals surface area (Å²) >= 11 is 3.43. The Morgan fingerprint density at radius 1 is 1.46 bits per heavy atom. The van der Waals surface area contributed by atoms with Crippen LogP contribution in [-0.4, -0.2) is 0 Å². The highest BCUT2D eigenvalue weighted by Crippen LogP contribution is 2.54. The second-order valence-corrected chi connectivity index (χ2v) is 4.49. The van der Waals surface area contributed by atoms with Gasteiger partial charge < -0.3 is 4.52 Å². The van der Waals surface area contributed by atoms with E-state index in [9.17, 15) is 4.57 Å². The van der Waals surface area contributed by atoms with E-state index < -0.39 is 7.82 Å². The fraction of sp³-hybridized carbons (Fsp3) is 0.143. The van der Waals surface area contributed by atoms with E-state index in [2.05, 4.69) is 16.9 Å². The third kappa shape index (κ3) is 1.74. The Balaban J connectivity index is 2.35. The molecule has 0 radical (unpaired) electrons. The van der Waals surface area contributed by atoms with Crippen molar-refractivity contribution in [3.8, 4) is 5.75 Å². The van der Waals surface area contributed by atoms with E-state index in [-0.39, 0.29) is 6.61 Å². The van der Waals surface area contributed by atoms with Crippen LogP contribution in [0.25, 0.3) is 0 Å². The monoisotopic (exact) mass is 218 g/mol. The molecule has 0 amide bonds. The molecule has 6 heteroatoms. The number of rotatable bonds is 1. The third-order valence-corrected chi connectivity index (χ3v) is 3.33. The summed E-state index contributed by atoms with van der Waals surface area (Å²) in [4.78, 5) is 0. The maximum atomic E-state index is 11.4. The average Bonchev–Trinajstić information content (AvgIpc) is 2.18. The molecule has 0 saturated heterocycles. The average molecular weight is 218 g/mol. The van der Waals surface area contributed by atoms with Crippen molar-refractivity contribution < 1.29 is 17.6 Å². The van der Waals surface area contributed by atoms with Crippen molar-refractivity contribution >= 4 is 20.7 Å². The molecule has 0 spiro atoms. The molecular formula is C7H7O4PS. The highest BCUT2D eigenvalue weighted by molar-refractivity contribution is 7.80. The quantitative estimate of drug-likeness (QED) is 0.447. The van der Waals surface area contributed by atoms with Crippen LogP contribution in [0.1, 0.15) is 5.56 Å². The molecule has 1 aliphatic rings. The molecule has 0 aromatic heterocycles. The van der Waals surface area contributed by atoms with E-state index in [0.717, 1.165) is 5.56 Å². The fourth-order valence-corrected chi connectivity index (χ4v) is 2.14. The Morgan fingerprint density at radius 2 is 2.23 bits per heavy atom. The first-order chi connectivity index (χ1) is 6.23. The zero-order valence-electron chi connectivity index (χ0n) is 6.54. The smallest absolute Gasteiger partial charge is 0.403 e. The Kier molecular flexibility index (Phi) is 2.34. The lowest BCUT2D eigenvalue weighted by Gasteiger charge is -2.22. The Morgan fingerprint density at radius 3 is 3.00 bits per heavy atom. The molecule has 1 aliphatic heterocycles. The van der Waals surface area contributed by atoms with Crippen LogP contribution in [0.3, 0.4) is 0 Å². The van der Waals surface area contributed by atoms with Crippen molar-refractivity contribution in [2.45, 2.75) is 6.61 Å². The van der Waals surface area contributed by atoms with Gasteiger partial charge in [-0.3, -0.25) is 4.52 Å². The van der Waals surface area contributed by atoms with Crippen LogP contribution in [0.2, 0.25) is 0 Å². The molecule has 1 heterocycles. The van der Waals surface area contributed by atoms with Crippen LogP contribution < -0.4 is 4.52 Å². The van der Waals surface area contributed by atoms with Crippen molar-refractivity contribution in [3.63, 3.8) is 0 Å². The van der Waals surface area contributed by atoms with E-state index in [1.54, 1.807) is 12.1 Å². The van der Waals surface area contributed by atoms with Crippen LogP contribution >= 0.6 is 20.7 Å². The predicted molar refractivity (Wildman–Crippen MR) is 49.5 cm³/mol. The van der Waals surface area contributed by atoms with Gasteiger partial charge in [0.1, 0.15) is 5.75 Å². The number of hydrogen-bond donors (Lipinski definition) is 1. The minimum Gasteiger partial charge on any atom is -0.403 e. The van der Waals surface area contributed by atoms with Crippen molar-refractivity contribution in [2.75, 3.05) is 0 Å². The maximum Gasteiger partial charge on any atom is 0.541 e. The van der Waals surface area contributed by atoms with Crippen molar-refractivity contribution in [2.24, 2.45) is 0 Å². The van der Waals surface area contributed by atoms with Gasteiger partial charge in [0.25, 0.3) is 0 Å². The molecule has 0 bridgehead atoms. The van der Waals surface area contributed by atoms with Gasteiger partial charge in [-0.25, -0.2) is 8.54 Å². The van der Waals surface area contributed by atoms with E-state index in [4.69, 9.17) is 9.05 Å². The highest BCUT2D eigenvalue weighted by Gasteiger charge is 2.33. The first kappa shape index (κ1) is 9.09. The van der Waals surface area contributed by atoms with Gasteiger partial charge in [0.15, 0.2) is 0 Å². The molecular weight excluding hydrogens is 211 g/mol. The summed E-state index contributed by atoms with van der Waals surface area (Å²) in [6.45, 7) is 0.216. The van der Waals surface area contributed by atoms with Gasteiger partial charge >= 0.3 is 7.82 Å². The number of benzene rings is 1. The summed E-state index contributed by atoms with van der Waals surface area (Å²) < 4.78 is 25.6. The molecule has 1 aromatic rings. The standard InChI is InChI=1S/C7H7O4PS/c8-12(11-13)9-5-6-3-1-2-4-7(6)10-12/h1-4,13H,5H2. The van der Waals surface area contributed by atoms with Gasteiger partial charge in [0.05, 0.1) is 6.61 Å². The van der Waals surface area contributed by atoms with Crippen molar-refractivity contribution in [1.29, 1.82) is 0 Å². The summed E-state index contributed by atoms with van der Waals surface area (Å²) in [5.74, 6) is 0.520. The largest absolute Gasteiger partial charge is 0.541 e. The van der Waals surface area contributed by atoms with Crippen LogP contribution in [0.15, 0.2) is 24.3 Å². The van der Waals surface area contributed by atoms with Gasteiger partial charge in [-0.05, 0) is 19.0 Å². The van der Waals surface area contributed by atoms with E-state index in [1.807, 2.05) is 12.1 Å². The second kappa shape index (κ2) is 3.35. The van der Waals surface area contributed by atoms with Gasteiger partial charge in [0.2, 0.25) is 0 Å². The zero-order valence-corrected chi connectivity index (χ0v) is 8.33. The first-order valence-corrected chi connectivity index (χ1v) is 5.41. The summed E-state index contributed by atoms with van der Waals surface area (Å²) in [5.41, 5.74) is 0.847. The number of fused-ring (bicyclic) bond motifs is 1. The van der Waals surface area contributed by atoms with Gasteiger partial charge in [-0.2, -0.15) is 0 Å². The molecule has 0 fully saturated rings. The first-order valence-electron chi connectivity index (χ1n) is 3.59. The van der Waals surface area contributed by atoms with Gasteiger partial charge in [-0.1, -0.05) is 18.2 Å². The molecule has 2 rings (SSSR count). The van der Waals surface area contributed by atoms with E-state index in [0.29, 0.717) is 5.75 Å². The van der Waals surface area contributed by atoms with Crippen LogP contribution in [0.5, 0.6) is 5.75 Å². The lowest BCUT2D eigenvalue weighted by atomic mass is 10.2. The third-order valence-electron chi connectivity index (χ3n) is 1.66. The van der Waals surface area contributed by atoms with E-state index in [1.165, 1.54) is 0 Å². The molecule has 0 saturated carbocycles. The van der Waals surface area contributed by atoms with E-state index >= 15 is 0 Å². The maximum absolute atomic E-state index is 11.4. The Hall–Kier alpha value is -0.480. The number of phosphoric acid groups is 1. The van der Waals surface area contributed by atoms with Crippen LogP contribution in [0, 0.1) is 0 Å². The molecule has 13 heavy (non-hydrogen) atoms. The number of thiol groups is 1. The minimum absolute atomic E-state index is 0.216. The van der Waals surface area contributed by atoms with Crippen LogP contribution in [0.4, 0.5) is 0 Å². The highest BCUT2D eigenvalue weighted by atomic mass is 32.1. The molecule has 1 aromatic carbocycles. The number of phosphoric ester groups is 1. The lowest BCUT2D eigenvalue weighted by Crippen LogP contribution is -2.06. The summed E-state index contributed by atoms with van der Waals surface area (Å²) in [6.07, 6.45) is 0. The molecule has 4 nitrogen and oxygen atoms in total. The molecule has 1 unspecified atom stereocenters. The Bertz CT molecular complexity index is 367. The van der Waals surface area contributed by atoms with Crippen molar-refractivity contribution in [3.05, 3.63) is 29.8 Å². The predicted octanol–water partition coefficient (Wildman–Crippen LogP) is 2.57. The molecule has 1 atom stereocenters. The topological polar surface area (TPSA) is 44.8 Å². The molecule has 70 valence electrons. The van der Waals surface area contributed by atoms with Gasteiger partial charge in [-0.15, -0.1) is 0 Å². The number of hydrogen-bond acceptors (Lipinski definition) is 5.